The fourth-order valence-electron chi connectivity index (χ4n) is 1.05. The maximum atomic E-state index is 6.86. The van der Waals surface area contributed by atoms with E-state index in [-0.39, 0.29) is 10.3 Å². The van der Waals surface area contributed by atoms with E-state index < -0.39 is 0 Å². The highest BCUT2D eigenvalue weighted by atomic mass is 32.2. The molecule has 11 heteroatoms. The van der Waals surface area contributed by atoms with E-state index in [1.54, 1.807) is 6.20 Å². The first-order valence-electron chi connectivity index (χ1n) is 4.77. The number of nitrogens with zero attached hydrogens (tertiary/aromatic N) is 5. The quantitative estimate of drug-likeness (QED) is 0.164. The van der Waals surface area contributed by atoms with E-state index in [2.05, 4.69) is 25.4 Å². The van der Waals surface area contributed by atoms with E-state index in [9.17, 15) is 0 Å². The van der Waals surface area contributed by atoms with E-state index >= 15 is 0 Å². The zero-order valence-corrected chi connectivity index (χ0v) is 11.5. The summed E-state index contributed by atoms with van der Waals surface area (Å²) in [5.74, 6) is 10.1. The number of nitrogens with one attached hydrogen (secondary N) is 2. The maximum Gasteiger partial charge on any atom is 0.232 e. The van der Waals surface area contributed by atoms with Gasteiger partial charge in [0.25, 0.3) is 0 Å². The van der Waals surface area contributed by atoms with E-state index in [1.807, 2.05) is 13.0 Å². The Labute approximate surface area is 117 Å². The van der Waals surface area contributed by atoms with Crippen LogP contribution in [-0.4, -0.2) is 15.3 Å². The van der Waals surface area contributed by atoms with Gasteiger partial charge in [0.1, 0.15) is 5.03 Å². The van der Waals surface area contributed by atoms with Gasteiger partial charge in [0, 0.05) is 11.1 Å². The molecule has 0 aliphatic carbocycles. The number of hydrogen-bond donors (Lipinski definition) is 4. The standard InChI is InChI=1S/C8H11N9S2/c1-4-2-5(18-7(14-9)15-10)3-13-6(4)19-8(16-11)17-12/h2-3,9,11H,10,12H2,1H3. The molecule has 1 rings (SSSR count). The highest BCUT2D eigenvalue weighted by molar-refractivity contribution is 8.14. The van der Waals surface area contributed by atoms with Crippen LogP contribution in [0.1, 0.15) is 5.56 Å². The Morgan fingerprint density at radius 3 is 2.21 bits per heavy atom. The van der Waals surface area contributed by atoms with Crippen molar-refractivity contribution in [1.82, 2.24) is 4.98 Å². The average molecular weight is 297 g/mol. The van der Waals surface area contributed by atoms with Crippen molar-refractivity contribution < 1.29 is 0 Å². The minimum absolute atomic E-state index is 0.112. The summed E-state index contributed by atoms with van der Waals surface area (Å²) in [5, 5.41) is 13.9. The third kappa shape index (κ3) is 4.30. The molecule has 0 radical (unpaired) electrons. The van der Waals surface area contributed by atoms with Crippen molar-refractivity contribution in [2.45, 2.75) is 16.8 Å². The number of pyridine rings is 1. The highest BCUT2D eigenvalue weighted by Gasteiger charge is 2.09. The summed E-state index contributed by atoms with van der Waals surface area (Å²) in [6.45, 7) is 1.84. The van der Waals surface area contributed by atoms with Crippen molar-refractivity contribution in [3.05, 3.63) is 17.8 Å². The van der Waals surface area contributed by atoms with E-state index in [1.165, 1.54) is 0 Å². The summed E-state index contributed by atoms with van der Waals surface area (Å²) >= 11 is 2.22. The second kappa shape index (κ2) is 7.43. The molecule has 100 valence electrons. The molecule has 6 N–H and O–H groups in total. The summed E-state index contributed by atoms with van der Waals surface area (Å²) in [6, 6.07) is 1.83. The smallest absolute Gasteiger partial charge is 0.232 e. The predicted octanol–water partition coefficient (Wildman–Crippen LogP) is 2.10. The topological polar surface area (TPSA) is 162 Å². The molecule has 0 bridgehead atoms. The summed E-state index contributed by atoms with van der Waals surface area (Å²) in [4.78, 5) is 4.95. The van der Waals surface area contributed by atoms with Crippen molar-refractivity contribution in [3.63, 3.8) is 0 Å². The Balaban J connectivity index is 2.91. The zero-order chi connectivity index (χ0) is 14.3. The first kappa shape index (κ1) is 15.0. The predicted molar refractivity (Wildman–Crippen MR) is 74.2 cm³/mol. The molecule has 0 aliphatic rings. The largest absolute Gasteiger partial charge is 0.321 e. The number of aryl methyl sites for hydroxylation is 1. The summed E-state index contributed by atoms with van der Waals surface area (Å²) in [5.41, 5.74) is 14.6. The first-order valence-corrected chi connectivity index (χ1v) is 6.41. The van der Waals surface area contributed by atoms with Gasteiger partial charge in [-0.1, -0.05) is 0 Å². The Bertz CT molecular complexity index is 539. The third-order valence-corrected chi connectivity index (χ3v) is 3.65. The number of hydrazone groups is 2. The number of rotatable bonds is 2. The Kier molecular flexibility index (Phi) is 5.89. The van der Waals surface area contributed by atoms with Gasteiger partial charge < -0.3 is 11.7 Å². The minimum atomic E-state index is 0.112. The Morgan fingerprint density at radius 1 is 1.16 bits per heavy atom. The van der Waals surface area contributed by atoms with Crippen LogP contribution in [0.4, 0.5) is 0 Å². The normalized spacial score (nSPS) is 12.3. The number of thioether (sulfide) groups is 2. The summed E-state index contributed by atoms with van der Waals surface area (Å²) in [7, 11) is 0. The molecule has 0 saturated heterocycles. The van der Waals surface area contributed by atoms with Crippen molar-refractivity contribution >= 4 is 33.9 Å². The van der Waals surface area contributed by atoms with Gasteiger partial charge in [-0.25, -0.2) is 16.0 Å². The first-order chi connectivity index (χ1) is 9.14. The molecule has 0 spiro atoms. The van der Waals surface area contributed by atoms with Crippen molar-refractivity contribution in [2.24, 2.45) is 32.1 Å². The molecular formula is C8H11N9S2. The Hall–Kier alpha value is -2.01. The van der Waals surface area contributed by atoms with Crippen LogP contribution in [0, 0.1) is 18.0 Å². The molecule has 0 unspecified atom stereocenters. The molecule has 9 nitrogen and oxygen atoms in total. The van der Waals surface area contributed by atoms with Gasteiger partial charge in [0.05, 0.1) is 0 Å². The second-order valence-electron chi connectivity index (χ2n) is 3.04. The lowest BCUT2D eigenvalue weighted by molar-refractivity contribution is 1.04. The monoisotopic (exact) mass is 297 g/mol. The third-order valence-electron chi connectivity index (χ3n) is 1.81. The lowest BCUT2D eigenvalue weighted by atomic mass is 10.3. The summed E-state index contributed by atoms with van der Waals surface area (Å²) < 4.78 is 0. The molecule has 0 amide bonds. The molecule has 1 aromatic rings. The minimum Gasteiger partial charge on any atom is -0.321 e. The van der Waals surface area contributed by atoms with Gasteiger partial charge >= 0.3 is 0 Å². The van der Waals surface area contributed by atoms with Gasteiger partial charge in [0.2, 0.25) is 10.3 Å². The number of hydrogen-bond acceptors (Lipinski definition) is 9. The molecule has 19 heavy (non-hydrogen) atoms. The van der Waals surface area contributed by atoms with E-state index in [4.69, 9.17) is 22.7 Å². The van der Waals surface area contributed by atoms with E-state index in [0.717, 1.165) is 34.0 Å². The van der Waals surface area contributed by atoms with Crippen molar-refractivity contribution in [1.29, 1.82) is 11.1 Å². The van der Waals surface area contributed by atoms with Crippen LogP contribution in [0.2, 0.25) is 0 Å². The van der Waals surface area contributed by atoms with E-state index in [0.29, 0.717) is 5.03 Å². The van der Waals surface area contributed by atoms with Gasteiger partial charge in [-0.15, -0.1) is 10.2 Å². The van der Waals surface area contributed by atoms with Gasteiger partial charge in [-0.05, 0) is 42.1 Å². The summed E-state index contributed by atoms with van der Waals surface area (Å²) in [6.07, 6.45) is 1.58. The van der Waals surface area contributed by atoms with Gasteiger partial charge in [-0.3, -0.25) is 0 Å². The van der Waals surface area contributed by atoms with Crippen LogP contribution in [0.3, 0.4) is 0 Å². The maximum absolute atomic E-state index is 6.86. The zero-order valence-electron chi connectivity index (χ0n) is 9.86. The second-order valence-corrected chi connectivity index (χ2v) is 5.04. The van der Waals surface area contributed by atoms with Crippen LogP contribution < -0.4 is 11.7 Å². The van der Waals surface area contributed by atoms with Crippen LogP contribution in [-0.2, 0) is 0 Å². The van der Waals surface area contributed by atoms with Crippen molar-refractivity contribution in [3.8, 4) is 0 Å². The number of amidine groups is 2. The lowest BCUT2D eigenvalue weighted by Crippen LogP contribution is -1.96. The van der Waals surface area contributed by atoms with Gasteiger partial charge in [0.15, 0.2) is 0 Å². The van der Waals surface area contributed by atoms with Crippen LogP contribution in [0.5, 0.6) is 0 Å². The van der Waals surface area contributed by atoms with Crippen molar-refractivity contribution in [2.75, 3.05) is 0 Å². The molecule has 0 aliphatic heterocycles. The molecule has 0 aromatic carbocycles. The molecule has 0 saturated carbocycles. The average Bonchev–Trinajstić information content (AvgIpc) is 2.44. The fourth-order valence-corrected chi connectivity index (χ4v) is 2.29. The fraction of sp³-hybridized carbons (Fsp3) is 0.125. The SMILES string of the molecule is Cc1cc(SC(N=N)=NN)cnc1SC(N=N)=NN. The molecule has 0 atom stereocenters. The lowest BCUT2D eigenvalue weighted by Gasteiger charge is -2.05. The molecular weight excluding hydrogens is 286 g/mol. The van der Waals surface area contributed by atoms with Crippen LogP contribution >= 0.6 is 23.5 Å². The van der Waals surface area contributed by atoms with Crippen LogP contribution in [0.15, 0.2) is 42.6 Å². The van der Waals surface area contributed by atoms with Gasteiger partial charge in [-0.2, -0.15) is 10.2 Å². The van der Waals surface area contributed by atoms with Crippen LogP contribution in [0.25, 0.3) is 0 Å². The highest BCUT2D eigenvalue weighted by Crippen LogP contribution is 2.26. The number of aromatic nitrogens is 1. The molecule has 1 heterocycles. The Morgan fingerprint density at radius 2 is 1.74 bits per heavy atom. The molecule has 0 fully saturated rings. The number of nitrogens with two attached hydrogens (primary N) is 2. The molecule has 1 aromatic heterocycles.